The standard InChI is InChI=1S/C18H21NO8/c1-18(2)15(23-3)14(26-17(19)22)13(21)16(27-18)24-10-5-6-11-9(8-10)4-7-12(20)25-11/h4-8,13-16,21H,1-3H3,(H2,19,22)/t13-,14+,15-,16-/m1/s1. The number of rotatable bonds is 4. The minimum atomic E-state index is -1.35. The van der Waals surface area contributed by atoms with Gasteiger partial charge in [-0.25, -0.2) is 9.59 Å². The van der Waals surface area contributed by atoms with Crippen LogP contribution in [0, 0.1) is 0 Å². The normalized spacial score (nSPS) is 27.3. The molecule has 2 aromatic rings. The highest BCUT2D eigenvalue weighted by Crippen LogP contribution is 2.34. The summed E-state index contributed by atoms with van der Waals surface area (Å²) in [5, 5.41) is 11.2. The zero-order chi connectivity index (χ0) is 19.8. The molecular weight excluding hydrogens is 358 g/mol. The Morgan fingerprint density at radius 1 is 1.26 bits per heavy atom. The Bertz CT molecular complexity index is 892. The molecule has 3 rings (SSSR count). The first kappa shape index (κ1) is 19.2. The summed E-state index contributed by atoms with van der Waals surface area (Å²) < 4.78 is 27.1. The van der Waals surface area contributed by atoms with E-state index in [2.05, 4.69) is 0 Å². The van der Waals surface area contributed by atoms with Gasteiger partial charge in [-0.1, -0.05) is 0 Å². The molecule has 1 fully saturated rings. The van der Waals surface area contributed by atoms with Gasteiger partial charge in [-0.2, -0.15) is 0 Å². The number of hydrogen-bond acceptors (Lipinski definition) is 8. The number of nitrogens with two attached hydrogens (primary N) is 1. The SMILES string of the molecule is CO[C@@H]1[C@@H](OC(N)=O)[C@@H](O)[C@H](Oc2ccc3oc(=O)ccc3c2)OC1(C)C. The van der Waals surface area contributed by atoms with Crippen LogP contribution in [-0.2, 0) is 14.2 Å². The maximum Gasteiger partial charge on any atom is 0.404 e. The minimum absolute atomic E-state index is 0.366. The molecule has 1 aliphatic heterocycles. The molecule has 0 spiro atoms. The lowest BCUT2D eigenvalue weighted by Gasteiger charge is -2.47. The number of primary amides is 1. The van der Waals surface area contributed by atoms with Gasteiger partial charge in [-0.05, 0) is 38.1 Å². The first-order chi connectivity index (χ1) is 12.7. The molecule has 1 saturated heterocycles. The molecular formula is C18H21NO8. The van der Waals surface area contributed by atoms with Crippen LogP contribution in [0.2, 0.25) is 0 Å². The smallest absolute Gasteiger partial charge is 0.404 e. The molecule has 1 aliphatic rings. The number of hydrogen-bond donors (Lipinski definition) is 2. The zero-order valence-electron chi connectivity index (χ0n) is 15.1. The van der Waals surface area contributed by atoms with Crippen LogP contribution in [0.15, 0.2) is 39.5 Å². The lowest BCUT2D eigenvalue weighted by atomic mass is 9.89. The molecule has 27 heavy (non-hydrogen) atoms. The van der Waals surface area contributed by atoms with Crippen LogP contribution in [0.5, 0.6) is 5.75 Å². The van der Waals surface area contributed by atoms with E-state index in [-0.39, 0.29) is 0 Å². The maximum absolute atomic E-state index is 11.3. The fourth-order valence-corrected chi connectivity index (χ4v) is 3.20. The van der Waals surface area contributed by atoms with Crippen molar-refractivity contribution in [3.8, 4) is 5.75 Å². The Kier molecular flexibility index (Phi) is 5.09. The summed E-state index contributed by atoms with van der Waals surface area (Å²) in [6.07, 6.45) is -5.38. The topological polar surface area (TPSA) is 130 Å². The van der Waals surface area contributed by atoms with Crippen LogP contribution in [0.1, 0.15) is 13.8 Å². The number of carbonyl (C=O) groups excluding carboxylic acids is 1. The largest absolute Gasteiger partial charge is 0.462 e. The summed E-state index contributed by atoms with van der Waals surface area (Å²) in [5.74, 6) is 0.366. The molecule has 1 aromatic heterocycles. The van der Waals surface area contributed by atoms with E-state index in [1.165, 1.54) is 13.2 Å². The molecule has 1 amide bonds. The monoisotopic (exact) mass is 379 g/mol. The number of carbonyl (C=O) groups is 1. The van der Waals surface area contributed by atoms with Gasteiger partial charge in [0.05, 0.1) is 5.60 Å². The highest BCUT2D eigenvalue weighted by molar-refractivity contribution is 5.77. The van der Waals surface area contributed by atoms with Crippen LogP contribution in [0.25, 0.3) is 11.0 Å². The van der Waals surface area contributed by atoms with Crippen molar-refractivity contribution >= 4 is 17.1 Å². The van der Waals surface area contributed by atoms with E-state index in [0.29, 0.717) is 16.7 Å². The van der Waals surface area contributed by atoms with E-state index >= 15 is 0 Å². The molecule has 0 unspecified atom stereocenters. The molecule has 1 aromatic carbocycles. The second kappa shape index (κ2) is 7.18. The number of amides is 1. The number of methoxy groups -OCH3 is 1. The molecule has 0 saturated carbocycles. The van der Waals surface area contributed by atoms with Crippen molar-refractivity contribution in [3.63, 3.8) is 0 Å². The predicted molar refractivity (Wildman–Crippen MR) is 93.3 cm³/mol. The van der Waals surface area contributed by atoms with Crippen LogP contribution in [-0.4, -0.2) is 48.5 Å². The number of ether oxygens (including phenoxy) is 4. The molecule has 0 radical (unpaired) electrons. The Morgan fingerprint density at radius 2 is 2.00 bits per heavy atom. The second-order valence-electron chi connectivity index (χ2n) is 6.71. The molecule has 9 heteroatoms. The van der Waals surface area contributed by atoms with Crippen molar-refractivity contribution in [3.05, 3.63) is 40.8 Å². The third-order valence-electron chi connectivity index (χ3n) is 4.37. The van der Waals surface area contributed by atoms with Gasteiger partial charge in [0.15, 0.2) is 12.2 Å². The molecule has 2 heterocycles. The summed E-state index contributed by atoms with van der Waals surface area (Å²) >= 11 is 0. The van der Waals surface area contributed by atoms with E-state index in [1.807, 2.05) is 0 Å². The molecule has 3 N–H and O–H groups in total. The number of benzene rings is 1. The van der Waals surface area contributed by atoms with Gasteiger partial charge in [0.2, 0.25) is 6.29 Å². The third kappa shape index (κ3) is 3.90. The molecule has 146 valence electrons. The van der Waals surface area contributed by atoms with E-state index in [4.69, 9.17) is 29.1 Å². The molecule has 0 bridgehead atoms. The average molecular weight is 379 g/mol. The Balaban J connectivity index is 1.88. The summed E-state index contributed by atoms with van der Waals surface area (Å²) in [5.41, 5.74) is 4.12. The first-order valence-electron chi connectivity index (χ1n) is 8.26. The summed E-state index contributed by atoms with van der Waals surface area (Å²) in [6, 6.07) is 7.66. The maximum atomic E-state index is 11.3. The van der Waals surface area contributed by atoms with E-state index in [9.17, 15) is 14.7 Å². The molecule has 9 nitrogen and oxygen atoms in total. The van der Waals surface area contributed by atoms with Gasteiger partial charge in [0.1, 0.15) is 17.4 Å². The van der Waals surface area contributed by atoms with Gasteiger partial charge in [0, 0.05) is 18.6 Å². The summed E-state index contributed by atoms with van der Waals surface area (Å²) in [7, 11) is 1.41. The number of fused-ring (bicyclic) bond motifs is 1. The number of aliphatic hydroxyl groups is 1. The van der Waals surface area contributed by atoms with Crippen molar-refractivity contribution < 1.29 is 33.3 Å². The van der Waals surface area contributed by atoms with Crippen LogP contribution >= 0.6 is 0 Å². The van der Waals surface area contributed by atoms with Crippen LogP contribution < -0.4 is 16.1 Å². The Labute approximate surface area is 154 Å². The predicted octanol–water partition coefficient (Wildman–Crippen LogP) is 1.15. The highest BCUT2D eigenvalue weighted by atomic mass is 16.7. The van der Waals surface area contributed by atoms with E-state index < -0.39 is 41.9 Å². The zero-order valence-corrected chi connectivity index (χ0v) is 15.1. The fourth-order valence-electron chi connectivity index (χ4n) is 3.20. The van der Waals surface area contributed by atoms with Crippen molar-refractivity contribution in [2.45, 2.75) is 44.1 Å². The van der Waals surface area contributed by atoms with Crippen LogP contribution in [0.3, 0.4) is 0 Å². The Hall–Kier alpha value is -2.62. The lowest BCUT2D eigenvalue weighted by molar-refractivity contribution is -0.304. The van der Waals surface area contributed by atoms with Crippen molar-refractivity contribution in [2.24, 2.45) is 5.73 Å². The van der Waals surface area contributed by atoms with Crippen LogP contribution in [0.4, 0.5) is 4.79 Å². The summed E-state index contributed by atoms with van der Waals surface area (Å²) in [4.78, 5) is 22.5. The fraction of sp³-hybridized carbons (Fsp3) is 0.444. The van der Waals surface area contributed by atoms with Gasteiger partial charge in [-0.3, -0.25) is 0 Å². The molecule has 0 aliphatic carbocycles. The summed E-state index contributed by atoms with van der Waals surface area (Å²) in [6.45, 7) is 3.44. The van der Waals surface area contributed by atoms with E-state index in [0.717, 1.165) is 0 Å². The average Bonchev–Trinajstić information content (AvgIpc) is 2.58. The second-order valence-corrected chi connectivity index (χ2v) is 6.71. The molecule has 4 atom stereocenters. The highest BCUT2D eigenvalue weighted by Gasteiger charge is 2.53. The van der Waals surface area contributed by atoms with Crippen molar-refractivity contribution in [2.75, 3.05) is 7.11 Å². The number of aliphatic hydroxyl groups excluding tert-OH is 1. The first-order valence-corrected chi connectivity index (χ1v) is 8.26. The third-order valence-corrected chi connectivity index (χ3v) is 4.37. The van der Waals surface area contributed by atoms with Crippen molar-refractivity contribution in [1.82, 2.24) is 0 Å². The minimum Gasteiger partial charge on any atom is -0.462 e. The van der Waals surface area contributed by atoms with Crippen molar-refractivity contribution in [1.29, 1.82) is 0 Å². The van der Waals surface area contributed by atoms with Gasteiger partial charge in [-0.15, -0.1) is 0 Å². The Morgan fingerprint density at radius 3 is 2.67 bits per heavy atom. The van der Waals surface area contributed by atoms with E-state index in [1.54, 1.807) is 38.1 Å². The van der Waals surface area contributed by atoms with Gasteiger partial charge < -0.3 is 34.2 Å². The quantitative estimate of drug-likeness (QED) is 0.757. The van der Waals surface area contributed by atoms with Gasteiger partial charge in [0.25, 0.3) is 0 Å². The van der Waals surface area contributed by atoms with Gasteiger partial charge >= 0.3 is 11.7 Å². The lowest BCUT2D eigenvalue weighted by Crippen LogP contribution is -2.65.